The Morgan fingerprint density at radius 2 is 1.69 bits per heavy atom. The summed E-state index contributed by atoms with van der Waals surface area (Å²) in [6.45, 7) is 4.69. The van der Waals surface area contributed by atoms with Crippen LogP contribution in [0.1, 0.15) is 38.3 Å². The predicted octanol–water partition coefficient (Wildman–Crippen LogP) is 1.80. The molecular weight excluding hydrogens is 334 g/mol. The van der Waals surface area contributed by atoms with E-state index >= 15 is 0 Å². The van der Waals surface area contributed by atoms with Crippen LogP contribution in [-0.2, 0) is 14.4 Å². The Morgan fingerprint density at radius 1 is 1.08 bits per heavy atom. The first-order valence-electron chi connectivity index (χ1n) is 8.92. The van der Waals surface area contributed by atoms with Crippen LogP contribution in [-0.4, -0.2) is 58.1 Å². The van der Waals surface area contributed by atoms with Crippen molar-refractivity contribution in [3.05, 3.63) is 35.9 Å². The lowest BCUT2D eigenvalue weighted by molar-refractivity contribution is -0.145. The maximum atomic E-state index is 12.7. The van der Waals surface area contributed by atoms with Crippen LogP contribution in [0.5, 0.6) is 0 Å². The molecule has 1 aromatic rings. The van der Waals surface area contributed by atoms with Crippen molar-refractivity contribution in [1.82, 2.24) is 14.7 Å². The summed E-state index contributed by atoms with van der Waals surface area (Å²) in [7, 11) is 0. The summed E-state index contributed by atoms with van der Waals surface area (Å²) in [5.41, 5.74) is 0.750. The number of imide groups is 2. The van der Waals surface area contributed by atoms with Crippen LogP contribution in [0.25, 0.3) is 0 Å². The molecule has 1 unspecified atom stereocenters. The fourth-order valence-electron chi connectivity index (χ4n) is 3.38. The van der Waals surface area contributed by atoms with E-state index in [1.807, 2.05) is 6.07 Å². The van der Waals surface area contributed by atoms with E-state index in [1.165, 1.54) is 0 Å². The Kier molecular flexibility index (Phi) is 5.06. The van der Waals surface area contributed by atoms with Crippen molar-refractivity contribution < 1.29 is 19.2 Å². The lowest BCUT2D eigenvalue weighted by atomic mass is 9.99. The molecule has 1 aromatic carbocycles. The number of carbonyl (C=O) groups excluding carboxylic acids is 4. The summed E-state index contributed by atoms with van der Waals surface area (Å²) >= 11 is 0. The quantitative estimate of drug-likeness (QED) is 0.608. The number of hydrogen-bond donors (Lipinski definition) is 0. The van der Waals surface area contributed by atoms with Crippen molar-refractivity contribution in [1.29, 1.82) is 0 Å². The fourth-order valence-corrected chi connectivity index (χ4v) is 3.38. The van der Waals surface area contributed by atoms with Crippen LogP contribution in [0.15, 0.2) is 30.3 Å². The molecule has 2 fully saturated rings. The Morgan fingerprint density at radius 3 is 2.31 bits per heavy atom. The predicted molar refractivity (Wildman–Crippen MR) is 93.8 cm³/mol. The zero-order chi connectivity index (χ0) is 18.8. The minimum absolute atomic E-state index is 0.291. The largest absolute Gasteiger partial charge is 0.341 e. The molecule has 0 radical (unpaired) electrons. The molecule has 1 atom stereocenters. The SMILES string of the molecule is CC1CCN(C(=O)CN2C(=O)C(=O)N(C(C)c3ccccc3)C2=O)CC1. The smallest absolute Gasteiger partial charge is 0.335 e. The van der Waals surface area contributed by atoms with Crippen LogP contribution < -0.4 is 0 Å². The highest BCUT2D eigenvalue weighted by molar-refractivity contribution is 6.45. The van der Waals surface area contributed by atoms with Gasteiger partial charge in [-0.15, -0.1) is 0 Å². The zero-order valence-electron chi connectivity index (χ0n) is 15.1. The molecule has 5 amide bonds. The normalized spacial score (nSPS) is 20.1. The first-order chi connectivity index (χ1) is 12.4. The number of likely N-dealkylation sites (tertiary alicyclic amines) is 1. The number of piperidine rings is 1. The van der Waals surface area contributed by atoms with Gasteiger partial charge in [-0.25, -0.2) is 14.6 Å². The minimum atomic E-state index is -0.934. The molecule has 2 aliphatic rings. The molecule has 2 heterocycles. The van der Waals surface area contributed by atoms with Crippen molar-refractivity contribution in [3.63, 3.8) is 0 Å². The monoisotopic (exact) mass is 357 g/mol. The second kappa shape index (κ2) is 7.27. The molecule has 2 aliphatic heterocycles. The molecule has 7 nitrogen and oxygen atoms in total. The molecule has 0 saturated carbocycles. The van der Waals surface area contributed by atoms with E-state index < -0.39 is 23.9 Å². The maximum absolute atomic E-state index is 12.7. The van der Waals surface area contributed by atoms with E-state index in [-0.39, 0.29) is 12.5 Å². The van der Waals surface area contributed by atoms with Crippen LogP contribution in [0, 0.1) is 5.92 Å². The average molecular weight is 357 g/mol. The number of carbonyl (C=O) groups is 4. The van der Waals surface area contributed by atoms with Crippen molar-refractivity contribution in [2.45, 2.75) is 32.7 Å². The zero-order valence-corrected chi connectivity index (χ0v) is 15.1. The summed E-state index contributed by atoms with van der Waals surface area (Å²) in [5, 5.41) is 0. The van der Waals surface area contributed by atoms with Gasteiger partial charge >= 0.3 is 17.8 Å². The molecule has 7 heteroatoms. The molecule has 2 saturated heterocycles. The summed E-state index contributed by atoms with van der Waals surface area (Å²) in [4.78, 5) is 53.1. The highest BCUT2D eigenvalue weighted by Gasteiger charge is 2.47. The van der Waals surface area contributed by atoms with E-state index in [9.17, 15) is 19.2 Å². The number of hydrogen-bond acceptors (Lipinski definition) is 4. The number of urea groups is 1. The van der Waals surface area contributed by atoms with Gasteiger partial charge in [0.15, 0.2) is 0 Å². The van der Waals surface area contributed by atoms with Crippen LogP contribution in [0.3, 0.4) is 0 Å². The summed E-state index contributed by atoms with van der Waals surface area (Å²) in [6, 6.07) is 7.72. The number of amides is 5. The Balaban J connectivity index is 1.71. The van der Waals surface area contributed by atoms with Crippen molar-refractivity contribution in [2.75, 3.05) is 19.6 Å². The van der Waals surface area contributed by atoms with Crippen molar-refractivity contribution >= 4 is 23.8 Å². The maximum Gasteiger partial charge on any atom is 0.335 e. The van der Waals surface area contributed by atoms with Gasteiger partial charge in [0.25, 0.3) is 0 Å². The Labute approximate surface area is 152 Å². The summed E-state index contributed by atoms with van der Waals surface area (Å²) in [5.74, 6) is -1.54. The van der Waals surface area contributed by atoms with E-state index in [4.69, 9.17) is 0 Å². The van der Waals surface area contributed by atoms with E-state index in [2.05, 4.69) is 6.92 Å². The van der Waals surface area contributed by atoms with Gasteiger partial charge in [0.2, 0.25) is 5.91 Å². The fraction of sp³-hybridized carbons (Fsp3) is 0.474. The van der Waals surface area contributed by atoms with Gasteiger partial charge in [-0.05, 0) is 31.2 Å². The Hall–Kier alpha value is -2.70. The Bertz CT molecular complexity index is 726. The highest BCUT2D eigenvalue weighted by atomic mass is 16.2. The first-order valence-corrected chi connectivity index (χ1v) is 8.92. The molecule has 0 aliphatic carbocycles. The van der Waals surface area contributed by atoms with Gasteiger partial charge in [-0.1, -0.05) is 37.3 Å². The molecule has 0 spiro atoms. The van der Waals surface area contributed by atoms with Crippen LogP contribution >= 0.6 is 0 Å². The van der Waals surface area contributed by atoms with Gasteiger partial charge in [-0.3, -0.25) is 14.4 Å². The lowest BCUT2D eigenvalue weighted by Gasteiger charge is -2.31. The molecule has 0 bridgehead atoms. The van der Waals surface area contributed by atoms with Gasteiger partial charge in [-0.2, -0.15) is 0 Å². The van der Waals surface area contributed by atoms with E-state index in [0.717, 1.165) is 28.2 Å². The summed E-state index contributed by atoms with van der Waals surface area (Å²) < 4.78 is 0. The second-order valence-corrected chi connectivity index (χ2v) is 7.00. The summed E-state index contributed by atoms with van der Waals surface area (Å²) in [6.07, 6.45) is 1.81. The van der Waals surface area contributed by atoms with Crippen LogP contribution in [0.2, 0.25) is 0 Å². The molecule has 0 N–H and O–H groups in total. The molecule has 0 aromatic heterocycles. The van der Waals surface area contributed by atoms with Crippen molar-refractivity contribution in [2.24, 2.45) is 5.92 Å². The molecule has 3 rings (SSSR count). The highest BCUT2D eigenvalue weighted by Crippen LogP contribution is 2.26. The van der Waals surface area contributed by atoms with Gasteiger partial charge in [0, 0.05) is 13.1 Å². The number of nitrogens with zero attached hydrogens (tertiary/aromatic N) is 3. The third-order valence-electron chi connectivity index (χ3n) is 5.18. The lowest BCUT2D eigenvalue weighted by Crippen LogP contribution is -2.46. The average Bonchev–Trinajstić information content (AvgIpc) is 2.86. The third kappa shape index (κ3) is 3.34. The third-order valence-corrected chi connectivity index (χ3v) is 5.18. The minimum Gasteiger partial charge on any atom is -0.341 e. The van der Waals surface area contributed by atoms with Gasteiger partial charge in [0.05, 0.1) is 6.04 Å². The van der Waals surface area contributed by atoms with E-state index in [1.54, 1.807) is 36.1 Å². The van der Waals surface area contributed by atoms with Gasteiger partial charge < -0.3 is 4.90 Å². The first kappa shape index (κ1) is 18.1. The molecule has 26 heavy (non-hydrogen) atoms. The standard InChI is InChI=1S/C19H23N3O4/c1-13-8-10-20(11-9-13)16(23)12-21-17(24)18(25)22(19(21)26)14(2)15-6-4-3-5-7-15/h3-7,13-14H,8-12H2,1-2H3. The number of rotatable bonds is 4. The molecule has 138 valence electrons. The van der Waals surface area contributed by atoms with Crippen molar-refractivity contribution in [3.8, 4) is 0 Å². The number of benzene rings is 1. The van der Waals surface area contributed by atoms with Crippen LogP contribution in [0.4, 0.5) is 4.79 Å². The van der Waals surface area contributed by atoms with Gasteiger partial charge in [0.1, 0.15) is 6.54 Å². The van der Waals surface area contributed by atoms with E-state index in [0.29, 0.717) is 19.0 Å². The molecular formula is C19H23N3O4. The second-order valence-electron chi connectivity index (χ2n) is 7.00. The topological polar surface area (TPSA) is 78.0 Å².